The number of fused-ring (bicyclic) bond motifs is 2. The largest absolute Gasteiger partial charge is 0.351 e. The second-order valence-electron chi connectivity index (χ2n) is 7.64. The summed E-state index contributed by atoms with van der Waals surface area (Å²) in [7, 11) is 0. The normalized spacial score (nSPS) is 12.1. The van der Waals surface area contributed by atoms with E-state index in [1.54, 1.807) is 30.7 Å². The molecule has 0 unspecified atom stereocenters. The molecule has 4 rings (SSSR count). The van der Waals surface area contributed by atoms with E-state index in [2.05, 4.69) is 30.7 Å². The number of nitrogens with one attached hydrogen (secondary N) is 3. The molecule has 4 heterocycles. The van der Waals surface area contributed by atoms with Crippen LogP contribution in [0.4, 0.5) is 19.1 Å². The molecule has 4 aromatic rings. The maximum atomic E-state index is 13.7. The number of halogens is 3. The van der Waals surface area contributed by atoms with E-state index in [1.165, 1.54) is 24.6 Å². The predicted octanol–water partition coefficient (Wildman–Crippen LogP) is 3.43. The lowest BCUT2D eigenvalue weighted by Gasteiger charge is -2.14. The minimum atomic E-state index is -2.64. The second kappa shape index (κ2) is 7.89. The van der Waals surface area contributed by atoms with Crippen LogP contribution in [0.25, 0.3) is 27.7 Å². The van der Waals surface area contributed by atoms with E-state index in [4.69, 9.17) is 0 Å². The number of nitrogens with zero attached hydrogens (tertiary/aromatic N) is 4. The van der Waals surface area contributed by atoms with Gasteiger partial charge in [-0.25, -0.2) is 22.7 Å². The summed E-state index contributed by atoms with van der Waals surface area (Å²) in [5.41, 5.74) is 1.37. The number of alkyl halides is 3. The summed E-state index contributed by atoms with van der Waals surface area (Å²) < 4.78 is 40.0. The van der Waals surface area contributed by atoms with Gasteiger partial charge in [-0.3, -0.25) is 4.79 Å². The van der Waals surface area contributed by atoms with E-state index in [0.717, 1.165) is 16.5 Å². The van der Waals surface area contributed by atoms with Gasteiger partial charge in [0, 0.05) is 29.5 Å². The highest BCUT2D eigenvalue weighted by atomic mass is 19.3. The van der Waals surface area contributed by atoms with Crippen molar-refractivity contribution in [1.82, 2.24) is 29.9 Å². The van der Waals surface area contributed by atoms with Gasteiger partial charge in [0.15, 0.2) is 0 Å². The number of pyridine rings is 1. The molecule has 1 amide bonds. The minimum absolute atomic E-state index is 0.0698. The molecule has 0 aliphatic carbocycles. The van der Waals surface area contributed by atoms with Gasteiger partial charge in [0.25, 0.3) is 12.3 Å². The zero-order chi connectivity index (χ0) is 22.2. The van der Waals surface area contributed by atoms with E-state index < -0.39 is 24.5 Å². The third-order valence-corrected chi connectivity index (χ3v) is 4.59. The molecule has 3 N–H and O–H groups in total. The standard InChI is InChI=1S/C20H20F3N7O/c1-20(2,23)10-27-19-26-7-13-12(6-24-17(13)29-19)11-3-4-30-15(5-11)14(8-28-30)18(31)25-9-16(21)22/h3-8,16H,9-10H2,1-2H3,(H,25,31)(H2,24,26,27,29). The molecule has 0 bridgehead atoms. The fourth-order valence-electron chi connectivity index (χ4n) is 3.11. The van der Waals surface area contributed by atoms with E-state index in [0.29, 0.717) is 17.1 Å². The third-order valence-electron chi connectivity index (χ3n) is 4.59. The summed E-state index contributed by atoms with van der Waals surface area (Å²) in [6.45, 7) is 2.26. The third kappa shape index (κ3) is 4.44. The summed E-state index contributed by atoms with van der Waals surface area (Å²) in [5, 5.41) is 9.88. The Morgan fingerprint density at radius 3 is 2.87 bits per heavy atom. The number of rotatable bonds is 7. The zero-order valence-electron chi connectivity index (χ0n) is 16.8. The van der Waals surface area contributed by atoms with Gasteiger partial charge in [-0.2, -0.15) is 10.1 Å². The number of anilines is 1. The smallest absolute Gasteiger partial charge is 0.255 e. The number of carbonyl (C=O) groups excluding carboxylic acids is 1. The van der Waals surface area contributed by atoms with Crippen LogP contribution in [0, 0.1) is 0 Å². The SMILES string of the molecule is CC(C)(F)CNc1ncc2c(-c3ccn4ncc(C(=O)NCC(F)F)c4c3)c[nH]c2n1. The van der Waals surface area contributed by atoms with E-state index in [9.17, 15) is 18.0 Å². The summed E-state index contributed by atoms with van der Waals surface area (Å²) in [4.78, 5) is 23.9. The van der Waals surface area contributed by atoms with Crippen molar-refractivity contribution in [3.63, 3.8) is 0 Å². The predicted molar refractivity (Wildman–Crippen MR) is 110 cm³/mol. The number of H-pyrrole nitrogens is 1. The van der Waals surface area contributed by atoms with Crippen molar-refractivity contribution in [2.45, 2.75) is 25.9 Å². The van der Waals surface area contributed by atoms with Gasteiger partial charge in [0.2, 0.25) is 5.95 Å². The van der Waals surface area contributed by atoms with E-state index in [1.807, 2.05) is 0 Å². The molecule has 0 atom stereocenters. The summed E-state index contributed by atoms with van der Waals surface area (Å²) >= 11 is 0. The van der Waals surface area contributed by atoms with Gasteiger partial charge in [0.05, 0.1) is 30.4 Å². The van der Waals surface area contributed by atoms with Gasteiger partial charge in [-0.05, 0) is 31.5 Å². The van der Waals surface area contributed by atoms with Crippen LogP contribution >= 0.6 is 0 Å². The number of carbonyl (C=O) groups is 1. The average Bonchev–Trinajstić information content (AvgIpc) is 3.33. The Labute approximate surface area is 174 Å². The molecular weight excluding hydrogens is 411 g/mol. The number of hydrogen-bond donors (Lipinski definition) is 3. The molecule has 11 heteroatoms. The van der Waals surface area contributed by atoms with Crippen molar-refractivity contribution >= 4 is 28.4 Å². The van der Waals surface area contributed by atoms with Crippen molar-refractivity contribution in [1.29, 1.82) is 0 Å². The summed E-state index contributed by atoms with van der Waals surface area (Å²) in [5.74, 6) is -0.322. The quantitative estimate of drug-likeness (QED) is 0.416. The first-order chi connectivity index (χ1) is 14.7. The monoisotopic (exact) mass is 431 g/mol. The van der Waals surface area contributed by atoms with Gasteiger partial charge < -0.3 is 15.6 Å². The first-order valence-corrected chi connectivity index (χ1v) is 9.52. The Balaban J connectivity index is 1.65. The lowest BCUT2D eigenvalue weighted by atomic mass is 10.1. The van der Waals surface area contributed by atoms with Gasteiger partial charge in [-0.1, -0.05) is 0 Å². The molecule has 0 spiro atoms. The van der Waals surface area contributed by atoms with Crippen LogP contribution in [0.5, 0.6) is 0 Å². The van der Waals surface area contributed by atoms with Gasteiger partial charge in [0.1, 0.15) is 11.3 Å². The number of aromatic nitrogens is 5. The molecule has 0 fully saturated rings. The van der Waals surface area contributed by atoms with Crippen LogP contribution in [-0.4, -0.2) is 55.7 Å². The van der Waals surface area contributed by atoms with Gasteiger partial charge >= 0.3 is 0 Å². The van der Waals surface area contributed by atoms with Crippen molar-refractivity contribution in [2.24, 2.45) is 0 Å². The van der Waals surface area contributed by atoms with Crippen molar-refractivity contribution in [2.75, 3.05) is 18.4 Å². The number of hydrogen-bond acceptors (Lipinski definition) is 5. The van der Waals surface area contributed by atoms with Crippen LogP contribution in [-0.2, 0) is 0 Å². The average molecular weight is 431 g/mol. The maximum Gasteiger partial charge on any atom is 0.255 e. The molecule has 0 saturated heterocycles. The molecule has 0 aliphatic rings. The molecule has 8 nitrogen and oxygen atoms in total. The van der Waals surface area contributed by atoms with Crippen LogP contribution in [0.3, 0.4) is 0 Å². The maximum absolute atomic E-state index is 13.7. The highest BCUT2D eigenvalue weighted by Gasteiger charge is 2.18. The zero-order valence-corrected chi connectivity index (χ0v) is 16.8. The lowest BCUT2D eigenvalue weighted by molar-refractivity contribution is 0.0893. The molecule has 0 saturated carbocycles. The van der Waals surface area contributed by atoms with Crippen LogP contribution < -0.4 is 10.6 Å². The Kier molecular flexibility index (Phi) is 5.25. The molecule has 0 aliphatic heterocycles. The van der Waals surface area contributed by atoms with E-state index >= 15 is 0 Å². The first-order valence-electron chi connectivity index (χ1n) is 9.52. The lowest BCUT2D eigenvalue weighted by Crippen LogP contribution is -2.28. The fourth-order valence-corrected chi connectivity index (χ4v) is 3.11. The topological polar surface area (TPSA) is 100 Å². The Morgan fingerprint density at radius 1 is 1.32 bits per heavy atom. The highest BCUT2D eigenvalue weighted by Crippen LogP contribution is 2.29. The Morgan fingerprint density at radius 2 is 2.13 bits per heavy atom. The molecule has 162 valence electrons. The minimum Gasteiger partial charge on any atom is -0.351 e. The highest BCUT2D eigenvalue weighted by molar-refractivity contribution is 6.02. The second-order valence-corrected chi connectivity index (χ2v) is 7.64. The first kappa shape index (κ1) is 20.6. The van der Waals surface area contributed by atoms with E-state index in [-0.39, 0.29) is 12.1 Å². The Bertz CT molecular complexity index is 1240. The molecular formula is C20H20F3N7O. The van der Waals surface area contributed by atoms with Crippen LogP contribution in [0.15, 0.2) is 36.9 Å². The number of aromatic amines is 1. The molecule has 4 aromatic heterocycles. The fraction of sp³-hybridized carbons (Fsp3) is 0.300. The summed E-state index contributed by atoms with van der Waals surface area (Å²) in [6, 6.07) is 3.55. The number of amides is 1. The molecule has 31 heavy (non-hydrogen) atoms. The van der Waals surface area contributed by atoms with Crippen LogP contribution in [0.2, 0.25) is 0 Å². The van der Waals surface area contributed by atoms with Gasteiger partial charge in [-0.15, -0.1) is 0 Å². The van der Waals surface area contributed by atoms with Crippen LogP contribution in [0.1, 0.15) is 24.2 Å². The molecule has 0 radical (unpaired) electrons. The summed E-state index contributed by atoms with van der Waals surface area (Å²) in [6.07, 6.45) is 3.75. The molecule has 0 aromatic carbocycles. The van der Waals surface area contributed by atoms with Crippen molar-refractivity contribution in [3.05, 3.63) is 42.5 Å². The Hall–Kier alpha value is -3.63. The van der Waals surface area contributed by atoms with Crippen molar-refractivity contribution in [3.8, 4) is 11.1 Å². The van der Waals surface area contributed by atoms with Crippen molar-refractivity contribution < 1.29 is 18.0 Å².